The molecule has 4 nitrogen and oxygen atoms in total. The molecule has 0 aliphatic rings. The third-order valence-electron chi connectivity index (χ3n) is 5.34. The summed E-state index contributed by atoms with van der Waals surface area (Å²) >= 11 is 0. The maximum atomic E-state index is 6.02. The highest BCUT2D eigenvalue weighted by Crippen LogP contribution is 2.18. The Kier molecular flexibility index (Phi) is 9.25. The van der Waals surface area contributed by atoms with Gasteiger partial charge in [0.25, 0.3) is 0 Å². The number of ether oxygens (including phenoxy) is 2. The van der Waals surface area contributed by atoms with Crippen LogP contribution in [0.25, 0.3) is 0 Å². The molecule has 0 fully saturated rings. The second-order valence-corrected chi connectivity index (χ2v) is 8.04. The first-order chi connectivity index (χ1) is 17.4. The smallest absolute Gasteiger partial charge is 0.128 e. The maximum absolute atomic E-state index is 6.02. The minimum atomic E-state index is 0.563. The van der Waals surface area contributed by atoms with Gasteiger partial charge in [0.15, 0.2) is 0 Å². The number of rotatable bonds is 12. The van der Waals surface area contributed by atoms with Crippen molar-refractivity contribution in [1.29, 1.82) is 0 Å². The number of aliphatic imine (C=N–C) groups is 2. The molecule has 0 aliphatic carbocycles. The molecule has 0 unspecified atom stereocenters. The topological polar surface area (TPSA) is 43.2 Å². The molecule has 0 spiro atoms. The zero-order chi connectivity index (χ0) is 24.0. The molecule has 0 amide bonds. The fourth-order valence-corrected chi connectivity index (χ4v) is 3.53. The van der Waals surface area contributed by atoms with E-state index in [0.29, 0.717) is 26.3 Å². The minimum absolute atomic E-state index is 0.563. The van der Waals surface area contributed by atoms with E-state index in [9.17, 15) is 0 Å². The lowest BCUT2D eigenvalue weighted by atomic mass is 10.2. The van der Waals surface area contributed by atoms with Gasteiger partial charge in [0.05, 0.1) is 26.3 Å². The van der Waals surface area contributed by atoms with E-state index in [4.69, 9.17) is 9.47 Å². The third kappa shape index (κ3) is 7.97. The van der Waals surface area contributed by atoms with Gasteiger partial charge in [-0.15, -0.1) is 0 Å². The Balaban J connectivity index is 1.24. The Bertz CT molecular complexity index is 1120. The van der Waals surface area contributed by atoms with Crippen molar-refractivity contribution >= 4 is 12.4 Å². The van der Waals surface area contributed by atoms with Crippen molar-refractivity contribution in [3.8, 4) is 11.5 Å². The molecule has 176 valence electrons. The largest absolute Gasteiger partial charge is 0.493 e. The van der Waals surface area contributed by atoms with Gasteiger partial charge in [-0.25, -0.2) is 0 Å². The Morgan fingerprint density at radius 2 is 0.886 bits per heavy atom. The van der Waals surface area contributed by atoms with Crippen LogP contribution >= 0.6 is 0 Å². The molecule has 4 rings (SSSR count). The fraction of sp³-hybridized carbons (Fsp3) is 0.161. The van der Waals surface area contributed by atoms with Gasteiger partial charge in [0.2, 0.25) is 0 Å². The lowest BCUT2D eigenvalue weighted by molar-refractivity contribution is 0.247. The summed E-state index contributed by atoms with van der Waals surface area (Å²) in [6.07, 6.45) is 4.53. The Labute approximate surface area is 207 Å². The zero-order valence-electron chi connectivity index (χ0n) is 19.8. The van der Waals surface area contributed by atoms with E-state index in [1.54, 1.807) is 0 Å². The van der Waals surface area contributed by atoms with E-state index < -0.39 is 0 Å². The molecule has 0 aliphatic heterocycles. The van der Waals surface area contributed by atoms with Crippen LogP contribution in [-0.4, -0.2) is 25.6 Å². The summed E-state index contributed by atoms with van der Waals surface area (Å²) in [5.74, 6) is 1.66. The van der Waals surface area contributed by atoms with Gasteiger partial charge in [-0.2, -0.15) is 0 Å². The predicted octanol–water partition coefficient (Wildman–Crippen LogP) is 6.77. The molecule has 0 atom stereocenters. The van der Waals surface area contributed by atoms with Crippen molar-refractivity contribution < 1.29 is 9.47 Å². The van der Waals surface area contributed by atoms with E-state index in [2.05, 4.69) is 34.3 Å². The van der Waals surface area contributed by atoms with Crippen LogP contribution in [0, 0.1) is 0 Å². The summed E-state index contributed by atoms with van der Waals surface area (Å²) in [7, 11) is 0. The van der Waals surface area contributed by atoms with E-state index in [1.165, 1.54) is 11.1 Å². The lowest BCUT2D eigenvalue weighted by Crippen LogP contribution is -2.07. The van der Waals surface area contributed by atoms with Crippen molar-refractivity contribution in [2.24, 2.45) is 9.98 Å². The van der Waals surface area contributed by atoms with Gasteiger partial charge in [-0.3, -0.25) is 9.98 Å². The number of hydrogen-bond donors (Lipinski definition) is 0. The van der Waals surface area contributed by atoms with E-state index in [1.807, 2.05) is 97.4 Å². The standard InChI is InChI=1S/C31H30N2O2/c1-3-12-26(13-4-1)22-32-24-28-16-7-9-18-30(28)34-20-11-21-35-31-19-10-8-17-29(31)25-33-23-27-14-5-2-6-15-27/h1-10,12-19,24-25H,11,20-23H2. The molecular weight excluding hydrogens is 432 g/mol. The molecule has 4 aromatic rings. The van der Waals surface area contributed by atoms with Crippen LogP contribution < -0.4 is 9.47 Å². The normalized spacial score (nSPS) is 11.2. The van der Waals surface area contributed by atoms with Crippen LogP contribution in [-0.2, 0) is 13.1 Å². The second kappa shape index (κ2) is 13.5. The summed E-state index contributed by atoms with van der Waals surface area (Å²) < 4.78 is 12.0. The van der Waals surface area contributed by atoms with Crippen LogP contribution in [0.5, 0.6) is 11.5 Å². The highest BCUT2D eigenvalue weighted by atomic mass is 16.5. The Hall–Kier alpha value is -4.18. The molecule has 4 heteroatoms. The molecule has 0 saturated carbocycles. The molecule has 0 N–H and O–H groups in total. The summed E-state index contributed by atoms with van der Waals surface area (Å²) in [5.41, 5.74) is 4.32. The SMILES string of the molecule is C(=NCc1ccccc1)c1ccccc1OCCCOc1ccccc1C=NCc1ccccc1. The van der Waals surface area contributed by atoms with Crippen LogP contribution in [0.1, 0.15) is 28.7 Å². The predicted molar refractivity (Wildman–Crippen MR) is 144 cm³/mol. The molecule has 35 heavy (non-hydrogen) atoms. The van der Waals surface area contributed by atoms with Gasteiger partial charge < -0.3 is 9.47 Å². The van der Waals surface area contributed by atoms with E-state index >= 15 is 0 Å². The summed E-state index contributed by atoms with van der Waals surface area (Å²) in [6, 6.07) is 36.4. The van der Waals surface area contributed by atoms with Crippen LogP contribution in [0.3, 0.4) is 0 Å². The zero-order valence-corrected chi connectivity index (χ0v) is 19.8. The molecule has 4 aromatic carbocycles. The van der Waals surface area contributed by atoms with Crippen LogP contribution in [0.2, 0.25) is 0 Å². The lowest BCUT2D eigenvalue weighted by Gasteiger charge is -2.11. The fourth-order valence-electron chi connectivity index (χ4n) is 3.53. The monoisotopic (exact) mass is 462 g/mol. The Morgan fingerprint density at radius 3 is 1.34 bits per heavy atom. The van der Waals surface area contributed by atoms with Crippen molar-refractivity contribution in [3.63, 3.8) is 0 Å². The first-order valence-corrected chi connectivity index (χ1v) is 11.9. The highest BCUT2D eigenvalue weighted by Gasteiger charge is 2.03. The van der Waals surface area contributed by atoms with Gasteiger partial charge in [-0.1, -0.05) is 84.9 Å². The number of benzene rings is 4. The quantitative estimate of drug-likeness (QED) is 0.172. The van der Waals surface area contributed by atoms with Gasteiger partial charge in [0.1, 0.15) is 11.5 Å². The molecular formula is C31H30N2O2. The first-order valence-electron chi connectivity index (χ1n) is 11.9. The van der Waals surface area contributed by atoms with Crippen LogP contribution in [0.15, 0.2) is 119 Å². The molecule has 0 heterocycles. The molecule has 0 bridgehead atoms. The van der Waals surface area contributed by atoms with E-state index in [0.717, 1.165) is 29.0 Å². The molecule has 0 saturated heterocycles. The average molecular weight is 463 g/mol. The molecule has 0 radical (unpaired) electrons. The van der Waals surface area contributed by atoms with E-state index in [-0.39, 0.29) is 0 Å². The van der Waals surface area contributed by atoms with Crippen molar-refractivity contribution in [2.75, 3.05) is 13.2 Å². The van der Waals surface area contributed by atoms with Crippen molar-refractivity contribution in [1.82, 2.24) is 0 Å². The third-order valence-corrected chi connectivity index (χ3v) is 5.34. The second-order valence-electron chi connectivity index (χ2n) is 8.04. The number of para-hydroxylation sites is 2. The van der Waals surface area contributed by atoms with Gasteiger partial charge in [0, 0.05) is 30.0 Å². The van der Waals surface area contributed by atoms with Crippen LogP contribution in [0.4, 0.5) is 0 Å². The first kappa shape index (κ1) is 24.0. The summed E-state index contributed by atoms with van der Waals surface area (Å²) in [4.78, 5) is 9.14. The van der Waals surface area contributed by atoms with Crippen molar-refractivity contribution in [3.05, 3.63) is 131 Å². The Morgan fingerprint density at radius 1 is 0.486 bits per heavy atom. The highest BCUT2D eigenvalue weighted by molar-refractivity contribution is 5.84. The average Bonchev–Trinajstić information content (AvgIpc) is 2.91. The van der Waals surface area contributed by atoms with Gasteiger partial charge >= 0.3 is 0 Å². The molecule has 0 aromatic heterocycles. The van der Waals surface area contributed by atoms with Gasteiger partial charge in [-0.05, 0) is 35.4 Å². The summed E-state index contributed by atoms with van der Waals surface area (Å²) in [5, 5.41) is 0. The number of hydrogen-bond acceptors (Lipinski definition) is 4. The minimum Gasteiger partial charge on any atom is -0.493 e. The maximum Gasteiger partial charge on any atom is 0.128 e. The summed E-state index contributed by atoms with van der Waals surface area (Å²) in [6.45, 7) is 2.43. The number of nitrogens with zero attached hydrogens (tertiary/aromatic N) is 2. The van der Waals surface area contributed by atoms with Crippen molar-refractivity contribution in [2.45, 2.75) is 19.5 Å².